The molecular formula is C20H19NO2S2. The topological polar surface area (TPSA) is 37.4 Å². The molecule has 2 aromatic carbocycles. The van der Waals surface area contributed by atoms with E-state index in [1.807, 2.05) is 73.0 Å². The Morgan fingerprint density at radius 1 is 0.960 bits per heavy atom. The predicted molar refractivity (Wildman–Crippen MR) is 104 cm³/mol. The number of thiophene rings is 1. The van der Waals surface area contributed by atoms with Crippen molar-refractivity contribution in [1.29, 1.82) is 0 Å². The Balaban J connectivity index is 1.95. The Kier molecular flexibility index (Phi) is 5.36. The van der Waals surface area contributed by atoms with Gasteiger partial charge >= 0.3 is 0 Å². The van der Waals surface area contributed by atoms with Crippen LogP contribution in [0.5, 0.6) is 0 Å². The van der Waals surface area contributed by atoms with Crippen molar-refractivity contribution in [3.05, 3.63) is 94.3 Å². The largest absolute Gasteiger partial charge is 0.269 e. The number of hydrogen-bond acceptors (Lipinski definition) is 3. The molecule has 0 radical (unpaired) electrons. The van der Waals surface area contributed by atoms with Gasteiger partial charge < -0.3 is 0 Å². The number of nitrogens with zero attached hydrogens (tertiary/aromatic N) is 1. The Morgan fingerprint density at radius 2 is 1.68 bits per heavy atom. The predicted octanol–water partition coefficient (Wildman–Crippen LogP) is 4.92. The number of benzene rings is 2. The average Bonchev–Trinajstić information content (AvgIpc) is 3.13. The van der Waals surface area contributed by atoms with Gasteiger partial charge in [0.1, 0.15) is 0 Å². The van der Waals surface area contributed by atoms with Gasteiger partial charge in [0, 0.05) is 11.1 Å². The summed E-state index contributed by atoms with van der Waals surface area (Å²) in [4.78, 5) is 1.31. The molecule has 0 saturated carbocycles. The molecule has 0 unspecified atom stereocenters. The van der Waals surface area contributed by atoms with Crippen LogP contribution in [0, 0.1) is 6.92 Å². The highest BCUT2D eigenvalue weighted by Gasteiger charge is 2.21. The molecule has 1 aromatic heterocycles. The van der Waals surface area contributed by atoms with E-state index < -0.39 is 10.0 Å². The molecule has 128 valence electrons. The molecule has 0 aliphatic heterocycles. The first kappa shape index (κ1) is 17.5. The van der Waals surface area contributed by atoms with Gasteiger partial charge in [0.2, 0.25) is 0 Å². The molecule has 0 bridgehead atoms. The highest BCUT2D eigenvalue weighted by molar-refractivity contribution is 7.89. The first-order valence-corrected chi connectivity index (χ1v) is 10.2. The number of sulfonamides is 1. The second kappa shape index (κ2) is 7.68. The summed E-state index contributed by atoms with van der Waals surface area (Å²) in [6.07, 6.45) is 3.48. The van der Waals surface area contributed by atoms with E-state index in [0.717, 1.165) is 16.0 Å². The van der Waals surface area contributed by atoms with Gasteiger partial charge in [-0.2, -0.15) is 0 Å². The summed E-state index contributed by atoms with van der Waals surface area (Å²) in [6.45, 7) is 2.23. The Bertz CT molecular complexity index is 929. The molecule has 0 aliphatic carbocycles. The third-order valence-electron chi connectivity index (χ3n) is 3.76. The lowest BCUT2D eigenvalue weighted by molar-refractivity contribution is 0.497. The maximum Gasteiger partial charge on any atom is 0.264 e. The molecule has 0 spiro atoms. The molecular weight excluding hydrogens is 350 g/mol. The molecule has 3 nitrogen and oxygen atoms in total. The Labute approximate surface area is 152 Å². The van der Waals surface area contributed by atoms with E-state index in [2.05, 4.69) is 0 Å². The first-order valence-electron chi connectivity index (χ1n) is 7.90. The highest BCUT2D eigenvalue weighted by Crippen LogP contribution is 2.21. The molecule has 5 heteroatoms. The normalized spacial score (nSPS) is 11.7. The van der Waals surface area contributed by atoms with Crippen molar-refractivity contribution in [3.63, 3.8) is 0 Å². The molecule has 1 heterocycles. The smallest absolute Gasteiger partial charge is 0.264 e. The van der Waals surface area contributed by atoms with Crippen LogP contribution < -0.4 is 0 Å². The quantitative estimate of drug-likeness (QED) is 0.618. The van der Waals surface area contributed by atoms with Gasteiger partial charge in [-0.1, -0.05) is 54.1 Å². The van der Waals surface area contributed by atoms with Crippen molar-refractivity contribution in [2.45, 2.75) is 18.4 Å². The minimum Gasteiger partial charge on any atom is -0.269 e. The van der Waals surface area contributed by atoms with Gasteiger partial charge in [0.05, 0.1) is 11.4 Å². The van der Waals surface area contributed by atoms with Crippen molar-refractivity contribution in [1.82, 2.24) is 4.31 Å². The fourth-order valence-corrected chi connectivity index (χ4v) is 4.27. The lowest BCUT2D eigenvalue weighted by Gasteiger charge is -2.21. The summed E-state index contributed by atoms with van der Waals surface area (Å²) >= 11 is 1.57. The van der Waals surface area contributed by atoms with Crippen molar-refractivity contribution in [2.24, 2.45) is 0 Å². The van der Waals surface area contributed by atoms with E-state index in [4.69, 9.17) is 0 Å². The van der Waals surface area contributed by atoms with E-state index in [1.165, 1.54) is 4.31 Å². The number of aryl methyl sites for hydroxylation is 1. The molecule has 0 saturated heterocycles. The standard InChI is InChI=1S/C20H19NO2S2/c1-17-9-11-20(12-10-17)25(22,23)21(14-13-19-8-5-15-24-19)16-18-6-3-2-4-7-18/h2-15H,16H2,1H3/b14-13+. The van der Waals surface area contributed by atoms with E-state index in [9.17, 15) is 8.42 Å². The highest BCUT2D eigenvalue weighted by atomic mass is 32.2. The molecule has 0 atom stereocenters. The summed E-state index contributed by atoms with van der Waals surface area (Å²) in [5.41, 5.74) is 1.97. The van der Waals surface area contributed by atoms with Crippen LogP contribution in [-0.4, -0.2) is 12.7 Å². The summed E-state index contributed by atoms with van der Waals surface area (Å²) in [7, 11) is -3.62. The van der Waals surface area contributed by atoms with E-state index >= 15 is 0 Å². The molecule has 0 aliphatic rings. The third-order valence-corrected chi connectivity index (χ3v) is 6.33. The van der Waals surface area contributed by atoms with Crippen molar-refractivity contribution in [2.75, 3.05) is 0 Å². The zero-order chi connectivity index (χ0) is 17.7. The number of hydrogen-bond donors (Lipinski definition) is 0. The van der Waals surface area contributed by atoms with Crippen LogP contribution in [0.1, 0.15) is 16.0 Å². The molecule has 0 amide bonds. The monoisotopic (exact) mass is 369 g/mol. The van der Waals surface area contributed by atoms with Gasteiger partial charge in [-0.3, -0.25) is 4.31 Å². The number of rotatable bonds is 6. The summed E-state index contributed by atoms with van der Waals surface area (Å²) in [5, 5.41) is 1.97. The van der Waals surface area contributed by atoms with E-state index in [-0.39, 0.29) is 0 Å². The Morgan fingerprint density at radius 3 is 2.32 bits per heavy atom. The average molecular weight is 370 g/mol. The van der Waals surface area contributed by atoms with Gasteiger partial charge in [-0.15, -0.1) is 11.3 Å². The maximum absolute atomic E-state index is 13.1. The molecule has 3 rings (SSSR count). The van der Waals surface area contributed by atoms with Crippen molar-refractivity contribution in [3.8, 4) is 0 Å². The minimum absolute atomic E-state index is 0.291. The lowest BCUT2D eigenvalue weighted by Crippen LogP contribution is -2.25. The summed E-state index contributed by atoms with van der Waals surface area (Å²) in [6, 6.07) is 20.4. The molecule has 3 aromatic rings. The van der Waals surface area contributed by atoms with Crippen LogP contribution >= 0.6 is 11.3 Å². The van der Waals surface area contributed by atoms with Gasteiger partial charge in [-0.25, -0.2) is 8.42 Å². The first-order chi connectivity index (χ1) is 12.1. The van der Waals surface area contributed by atoms with Crippen LogP contribution in [0.4, 0.5) is 0 Å². The zero-order valence-corrected chi connectivity index (χ0v) is 15.5. The SMILES string of the molecule is Cc1ccc(S(=O)(=O)N(/C=C/c2cccs2)Cc2ccccc2)cc1. The third kappa shape index (κ3) is 4.38. The van der Waals surface area contributed by atoms with Crippen molar-refractivity contribution >= 4 is 27.4 Å². The fourth-order valence-electron chi connectivity index (χ4n) is 2.37. The summed E-state index contributed by atoms with van der Waals surface area (Å²) in [5.74, 6) is 0. The van der Waals surface area contributed by atoms with Gasteiger partial charge in [0.25, 0.3) is 10.0 Å². The Hall–Kier alpha value is -2.37. The minimum atomic E-state index is -3.62. The lowest BCUT2D eigenvalue weighted by atomic mass is 10.2. The van der Waals surface area contributed by atoms with Gasteiger partial charge in [0.15, 0.2) is 0 Å². The summed E-state index contributed by atoms with van der Waals surface area (Å²) < 4.78 is 27.6. The molecule has 0 fully saturated rings. The molecule has 0 N–H and O–H groups in total. The van der Waals surface area contributed by atoms with E-state index in [0.29, 0.717) is 11.4 Å². The van der Waals surface area contributed by atoms with Crippen LogP contribution in [-0.2, 0) is 16.6 Å². The van der Waals surface area contributed by atoms with Crippen LogP contribution in [0.25, 0.3) is 6.08 Å². The second-order valence-electron chi connectivity index (χ2n) is 5.68. The van der Waals surface area contributed by atoms with Crippen LogP contribution in [0.2, 0.25) is 0 Å². The van der Waals surface area contributed by atoms with Crippen LogP contribution in [0.3, 0.4) is 0 Å². The second-order valence-corrected chi connectivity index (χ2v) is 8.55. The molecule has 25 heavy (non-hydrogen) atoms. The van der Waals surface area contributed by atoms with E-state index in [1.54, 1.807) is 29.7 Å². The fraction of sp³-hybridized carbons (Fsp3) is 0.100. The van der Waals surface area contributed by atoms with Crippen LogP contribution in [0.15, 0.2) is 83.2 Å². The van der Waals surface area contributed by atoms with Crippen molar-refractivity contribution < 1.29 is 8.42 Å². The van der Waals surface area contributed by atoms with Gasteiger partial charge in [-0.05, 0) is 42.1 Å². The maximum atomic E-state index is 13.1. The zero-order valence-electron chi connectivity index (χ0n) is 13.9.